The fourth-order valence-electron chi connectivity index (χ4n) is 4.88. The number of nitrogens with zero attached hydrogens (tertiary/aromatic N) is 2. The van der Waals surface area contributed by atoms with Gasteiger partial charge in [-0.3, -0.25) is 9.89 Å². The summed E-state index contributed by atoms with van der Waals surface area (Å²) in [5, 5.41) is 7.33. The van der Waals surface area contributed by atoms with Crippen LogP contribution in [0.1, 0.15) is 57.8 Å². The second-order valence-corrected chi connectivity index (χ2v) is 8.35. The van der Waals surface area contributed by atoms with E-state index in [-0.39, 0.29) is 0 Å². The predicted molar refractivity (Wildman–Crippen MR) is 95.7 cm³/mol. The molecule has 0 aromatic rings. The molecule has 0 spiro atoms. The van der Waals surface area contributed by atoms with Gasteiger partial charge in [-0.05, 0) is 62.7 Å². The number of rotatable bonds is 6. The molecule has 0 bridgehead atoms. The summed E-state index contributed by atoms with van der Waals surface area (Å²) in [6.07, 6.45) is 12.8. The van der Waals surface area contributed by atoms with Gasteiger partial charge in [0.2, 0.25) is 0 Å². The van der Waals surface area contributed by atoms with E-state index in [1.54, 1.807) is 0 Å². The van der Waals surface area contributed by atoms with Gasteiger partial charge in [0.1, 0.15) is 0 Å². The monoisotopic (exact) mass is 318 g/mol. The van der Waals surface area contributed by atoms with Crippen molar-refractivity contribution in [3.63, 3.8) is 0 Å². The lowest BCUT2D eigenvalue weighted by Crippen LogP contribution is -2.46. The van der Waals surface area contributed by atoms with E-state index < -0.39 is 0 Å². The van der Waals surface area contributed by atoms with Crippen LogP contribution in [0.2, 0.25) is 0 Å². The standard InChI is InChI=1S/C19H34N4/c1-20-19(21-12-18(14-6-7-14)15-8-9-15)22-16-10-11-23(13-16)17-4-2-3-5-17/h14-18H,2-13H2,1H3,(H2,20,21,22). The first kappa shape index (κ1) is 15.7. The van der Waals surface area contributed by atoms with Crippen LogP contribution in [0, 0.1) is 17.8 Å². The topological polar surface area (TPSA) is 39.7 Å². The van der Waals surface area contributed by atoms with Gasteiger partial charge in [0.15, 0.2) is 5.96 Å². The fourth-order valence-corrected chi connectivity index (χ4v) is 4.88. The number of hydrogen-bond donors (Lipinski definition) is 2. The van der Waals surface area contributed by atoms with Crippen molar-refractivity contribution in [2.75, 3.05) is 26.7 Å². The molecule has 0 aromatic heterocycles. The highest BCUT2D eigenvalue weighted by molar-refractivity contribution is 5.80. The molecule has 4 rings (SSSR count). The molecule has 2 N–H and O–H groups in total. The first-order valence-electron chi connectivity index (χ1n) is 10.0. The maximum Gasteiger partial charge on any atom is 0.191 e. The number of guanidine groups is 1. The minimum Gasteiger partial charge on any atom is -0.356 e. The molecule has 4 fully saturated rings. The minimum atomic E-state index is 0.585. The number of hydrogen-bond acceptors (Lipinski definition) is 2. The lowest BCUT2D eigenvalue weighted by atomic mass is 9.98. The Hall–Kier alpha value is -0.770. The minimum absolute atomic E-state index is 0.585. The van der Waals surface area contributed by atoms with Gasteiger partial charge in [-0.15, -0.1) is 0 Å². The van der Waals surface area contributed by atoms with Crippen molar-refractivity contribution in [2.45, 2.75) is 69.9 Å². The molecule has 23 heavy (non-hydrogen) atoms. The van der Waals surface area contributed by atoms with Crippen molar-refractivity contribution >= 4 is 5.96 Å². The van der Waals surface area contributed by atoms with Crippen LogP contribution in [0.25, 0.3) is 0 Å². The van der Waals surface area contributed by atoms with Gasteiger partial charge in [-0.2, -0.15) is 0 Å². The Morgan fingerprint density at radius 3 is 2.35 bits per heavy atom. The van der Waals surface area contributed by atoms with Crippen molar-refractivity contribution < 1.29 is 0 Å². The maximum absolute atomic E-state index is 4.48. The summed E-state index contributed by atoms with van der Waals surface area (Å²) in [6.45, 7) is 3.61. The van der Waals surface area contributed by atoms with E-state index in [1.165, 1.54) is 70.9 Å². The van der Waals surface area contributed by atoms with E-state index in [4.69, 9.17) is 0 Å². The summed E-state index contributed by atoms with van der Waals surface area (Å²) >= 11 is 0. The first-order chi connectivity index (χ1) is 11.3. The van der Waals surface area contributed by atoms with Crippen molar-refractivity contribution in [3.05, 3.63) is 0 Å². The molecule has 1 unspecified atom stereocenters. The number of likely N-dealkylation sites (tertiary alicyclic amines) is 1. The van der Waals surface area contributed by atoms with E-state index in [0.29, 0.717) is 6.04 Å². The van der Waals surface area contributed by atoms with Crippen molar-refractivity contribution in [2.24, 2.45) is 22.7 Å². The molecule has 1 aliphatic heterocycles. The van der Waals surface area contributed by atoms with Gasteiger partial charge in [0.05, 0.1) is 0 Å². The summed E-state index contributed by atoms with van der Waals surface area (Å²) in [4.78, 5) is 7.20. The Morgan fingerprint density at radius 1 is 1.04 bits per heavy atom. The zero-order valence-corrected chi connectivity index (χ0v) is 14.8. The lowest BCUT2D eigenvalue weighted by molar-refractivity contribution is 0.242. The molecule has 1 saturated heterocycles. The average Bonchev–Trinajstić information content (AvgIpc) is 3.48. The largest absolute Gasteiger partial charge is 0.356 e. The van der Waals surface area contributed by atoms with Crippen LogP contribution in [0.4, 0.5) is 0 Å². The summed E-state index contributed by atoms with van der Waals surface area (Å²) in [5.41, 5.74) is 0. The Balaban J connectivity index is 1.22. The van der Waals surface area contributed by atoms with E-state index in [0.717, 1.165) is 36.3 Å². The molecule has 1 heterocycles. The molecule has 4 nitrogen and oxygen atoms in total. The first-order valence-corrected chi connectivity index (χ1v) is 10.0. The van der Waals surface area contributed by atoms with Gasteiger partial charge in [-0.1, -0.05) is 12.8 Å². The van der Waals surface area contributed by atoms with Crippen LogP contribution >= 0.6 is 0 Å². The second-order valence-electron chi connectivity index (χ2n) is 8.35. The molecule has 0 amide bonds. The van der Waals surface area contributed by atoms with Crippen molar-refractivity contribution in [1.29, 1.82) is 0 Å². The summed E-state index contributed by atoms with van der Waals surface area (Å²) in [6, 6.07) is 1.45. The zero-order valence-electron chi connectivity index (χ0n) is 14.8. The molecule has 4 heteroatoms. The van der Waals surface area contributed by atoms with Crippen LogP contribution in [-0.4, -0.2) is 49.6 Å². The average molecular weight is 319 g/mol. The highest BCUT2D eigenvalue weighted by atomic mass is 15.3. The van der Waals surface area contributed by atoms with Crippen molar-refractivity contribution in [3.8, 4) is 0 Å². The molecule has 0 radical (unpaired) electrons. The molecule has 4 aliphatic rings. The van der Waals surface area contributed by atoms with Crippen molar-refractivity contribution in [1.82, 2.24) is 15.5 Å². The van der Waals surface area contributed by atoms with Crippen LogP contribution in [-0.2, 0) is 0 Å². The Bertz CT molecular complexity index is 409. The Morgan fingerprint density at radius 2 is 1.74 bits per heavy atom. The second kappa shape index (κ2) is 7.00. The van der Waals surface area contributed by atoms with Crippen LogP contribution in [0.5, 0.6) is 0 Å². The molecular weight excluding hydrogens is 284 g/mol. The normalized spacial score (nSPS) is 30.3. The van der Waals surface area contributed by atoms with Crippen LogP contribution < -0.4 is 10.6 Å². The summed E-state index contributed by atoms with van der Waals surface area (Å²) in [7, 11) is 1.92. The molecule has 3 saturated carbocycles. The number of nitrogens with one attached hydrogen (secondary N) is 2. The Kier molecular flexibility index (Phi) is 4.79. The molecule has 3 aliphatic carbocycles. The van der Waals surface area contributed by atoms with Gasteiger partial charge in [-0.25, -0.2) is 0 Å². The highest BCUT2D eigenvalue weighted by Gasteiger charge is 2.41. The predicted octanol–water partition coefficient (Wildman–Crippen LogP) is 2.60. The quantitative estimate of drug-likeness (QED) is 0.584. The van der Waals surface area contributed by atoms with Gasteiger partial charge >= 0.3 is 0 Å². The van der Waals surface area contributed by atoms with Crippen LogP contribution in [0.3, 0.4) is 0 Å². The van der Waals surface area contributed by atoms with E-state index in [1.807, 2.05) is 7.05 Å². The highest BCUT2D eigenvalue weighted by Crippen LogP contribution is 2.48. The van der Waals surface area contributed by atoms with Gasteiger partial charge in [0.25, 0.3) is 0 Å². The fraction of sp³-hybridized carbons (Fsp3) is 0.947. The molecule has 0 aromatic carbocycles. The molecule has 1 atom stereocenters. The maximum atomic E-state index is 4.48. The molecule has 130 valence electrons. The van der Waals surface area contributed by atoms with Crippen LogP contribution in [0.15, 0.2) is 4.99 Å². The third-order valence-corrected chi connectivity index (χ3v) is 6.59. The third-order valence-electron chi connectivity index (χ3n) is 6.59. The van der Waals surface area contributed by atoms with E-state index >= 15 is 0 Å². The summed E-state index contributed by atoms with van der Waals surface area (Å²) in [5.74, 6) is 3.97. The Labute approximate surface area is 141 Å². The van der Waals surface area contributed by atoms with Gasteiger partial charge < -0.3 is 10.6 Å². The van der Waals surface area contributed by atoms with Gasteiger partial charge in [0, 0.05) is 38.8 Å². The third kappa shape index (κ3) is 4.01. The van der Waals surface area contributed by atoms with E-state index in [2.05, 4.69) is 20.5 Å². The zero-order chi connectivity index (χ0) is 15.6. The molecular formula is C19H34N4. The summed E-state index contributed by atoms with van der Waals surface area (Å²) < 4.78 is 0. The SMILES string of the molecule is CN=C(NCC(C1CC1)C1CC1)NC1CCN(C2CCCC2)C1. The van der Waals surface area contributed by atoms with E-state index in [9.17, 15) is 0 Å². The smallest absolute Gasteiger partial charge is 0.191 e. The number of aliphatic imine (C=N–C) groups is 1. The lowest BCUT2D eigenvalue weighted by Gasteiger charge is -2.24.